The van der Waals surface area contributed by atoms with E-state index in [9.17, 15) is 13.2 Å². The lowest BCUT2D eigenvalue weighted by molar-refractivity contribution is -0.275. The molecule has 0 spiro atoms. The Balaban J connectivity index is 2.89. The van der Waals surface area contributed by atoms with Crippen molar-refractivity contribution in [2.75, 3.05) is 12.5 Å². The fourth-order valence-electron chi connectivity index (χ4n) is 1.46. The van der Waals surface area contributed by atoms with E-state index in [1.807, 2.05) is 0 Å². The van der Waals surface area contributed by atoms with Crippen molar-refractivity contribution in [3.63, 3.8) is 0 Å². The van der Waals surface area contributed by atoms with Gasteiger partial charge in [0.1, 0.15) is 0 Å². The highest BCUT2D eigenvalue weighted by atomic mass is 35.5. The molecule has 0 aliphatic heterocycles. The Morgan fingerprint density at radius 1 is 1.22 bits per heavy atom. The van der Waals surface area contributed by atoms with Crippen molar-refractivity contribution in [2.24, 2.45) is 0 Å². The van der Waals surface area contributed by atoms with Crippen molar-refractivity contribution in [1.82, 2.24) is 0 Å². The van der Waals surface area contributed by atoms with Crippen LogP contribution in [0.25, 0.3) is 0 Å². The molecule has 1 aromatic rings. The lowest BCUT2D eigenvalue weighted by Crippen LogP contribution is -2.17. The van der Waals surface area contributed by atoms with Crippen LogP contribution in [0.1, 0.15) is 18.9 Å². The lowest BCUT2D eigenvalue weighted by atomic mass is 10.1. The number of benzene rings is 1. The first-order chi connectivity index (χ1) is 8.46. The summed E-state index contributed by atoms with van der Waals surface area (Å²) in [5.74, 6) is 0.283. The van der Waals surface area contributed by atoms with E-state index in [2.05, 4.69) is 4.74 Å². The average Bonchev–Trinajstić information content (AvgIpc) is 2.28. The molecule has 0 N–H and O–H groups in total. The van der Waals surface area contributed by atoms with Gasteiger partial charge in [-0.3, -0.25) is 0 Å². The van der Waals surface area contributed by atoms with Gasteiger partial charge in [-0.05, 0) is 37.5 Å². The SMILES string of the molecule is CCOc1cc(CCCCl)ccc1OC(F)(F)F. The Bertz CT molecular complexity index is 380. The molecule has 1 aromatic carbocycles. The van der Waals surface area contributed by atoms with Gasteiger partial charge in [0.15, 0.2) is 11.5 Å². The molecule has 0 aliphatic rings. The Labute approximate surface area is 109 Å². The molecule has 0 unspecified atom stereocenters. The molecule has 0 heterocycles. The van der Waals surface area contributed by atoms with E-state index < -0.39 is 6.36 Å². The van der Waals surface area contributed by atoms with Gasteiger partial charge >= 0.3 is 6.36 Å². The van der Waals surface area contributed by atoms with Gasteiger partial charge in [-0.25, -0.2) is 0 Å². The van der Waals surface area contributed by atoms with Crippen LogP contribution in [-0.4, -0.2) is 18.8 Å². The first-order valence-electron chi connectivity index (χ1n) is 5.53. The summed E-state index contributed by atoms with van der Waals surface area (Å²) in [5.41, 5.74) is 0.869. The molecule has 0 radical (unpaired) electrons. The van der Waals surface area contributed by atoms with Crippen molar-refractivity contribution >= 4 is 11.6 Å². The zero-order valence-electron chi connectivity index (χ0n) is 9.89. The van der Waals surface area contributed by atoms with Crippen LogP contribution in [0, 0.1) is 0 Å². The van der Waals surface area contributed by atoms with Gasteiger partial charge in [-0.2, -0.15) is 0 Å². The van der Waals surface area contributed by atoms with E-state index >= 15 is 0 Å². The van der Waals surface area contributed by atoms with Crippen molar-refractivity contribution in [3.05, 3.63) is 23.8 Å². The predicted octanol–water partition coefficient (Wildman–Crippen LogP) is 4.16. The van der Waals surface area contributed by atoms with Crippen LogP contribution in [0.5, 0.6) is 11.5 Å². The smallest absolute Gasteiger partial charge is 0.490 e. The second kappa shape index (κ2) is 6.73. The summed E-state index contributed by atoms with van der Waals surface area (Å²) in [6, 6.07) is 4.40. The zero-order valence-corrected chi connectivity index (χ0v) is 10.6. The summed E-state index contributed by atoms with van der Waals surface area (Å²) in [6.45, 7) is 1.97. The summed E-state index contributed by atoms with van der Waals surface area (Å²) in [4.78, 5) is 0. The minimum atomic E-state index is -4.72. The molecule has 0 atom stereocenters. The zero-order chi connectivity index (χ0) is 13.6. The maximum atomic E-state index is 12.2. The van der Waals surface area contributed by atoms with Crippen molar-refractivity contribution in [3.8, 4) is 11.5 Å². The second-order valence-electron chi connectivity index (χ2n) is 3.55. The molecular weight excluding hydrogens is 269 g/mol. The maximum absolute atomic E-state index is 12.2. The molecule has 0 saturated heterocycles. The van der Waals surface area contributed by atoms with Crippen LogP contribution in [0.3, 0.4) is 0 Å². The van der Waals surface area contributed by atoms with E-state index in [1.54, 1.807) is 19.1 Å². The van der Waals surface area contributed by atoms with Gasteiger partial charge < -0.3 is 9.47 Å². The summed E-state index contributed by atoms with van der Waals surface area (Å²) >= 11 is 5.57. The van der Waals surface area contributed by atoms with E-state index in [0.29, 0.717) is 12.3 Å². The molecule has 0 bridgehead atoms. The molecule has 0 saturated carbocycles. The monoisotopic (exact) mass is 282 g/mol. The molecule has 6 heteroatoms. The average molecular weight is 283 g/mol. The summed E-state index contributed by atoms with van der Waals surface area (Å²) in [7, 11) is 0. The van der Waals surface area contributed by atoms with Crippen molar-refractivity contribution in [1.29, 1.82) is 0 Å². The first kappa shape index (κ1) is 15.0. The van der Waals surface area contributed by atoms with Gasteiger partial charge in [0, 0.05) is 5.88 Å². The van der Waals surface area contributed by atoms with Gasteiger partial charge in [0.2, 0.25) is 0 Å². The van der Waals surface area contributed by atoms with Gasteiger partial charge in [-0.1, -0.05) is 6.07 Å². The molecule has 0 aromatic heterocycles. The topological polar surface area (TPSA) is 18.5 Å². The Kier molecular flexibility index (Phi) is 5.59. The number of hydrogen-bond acceptors (Lipinski definition) is 2. The van der Waals surface area contributed by atoms with Gasteiger partial charge in [0.25, 0.3) is 0 Å². The second-order valence-corrected chi connectivity index (χ2v) is 3.93. The molecule has 18 heavy (non-hydrogen) atoms. The van der Waals surface area contributed by atoms with E-state index in [1.165, 1.54) is 6.07 Å². The highest BCUT2D eigenvalue weighted by Crippen LogP contribution is 2.33. The van der Waals surface area contributed by atoms with Crippen LogP contribution in [0.2, 0.25) is 0 Å². The number of aryl methyl sites for hydroxylation is 1. The summed E-state index contributed by atoms with van der Waals surface area (Å²) < 4.78 is 45.5. The molecule has 2 nitrogen and oxygen atoms in total. The number of ether oxygens (including phenoxy) is 2. The van der Waals surface area contributed by atoms with Crippen molar-refractivity contribution in [2.45, 2.75) is 26.1 Å². The molecule has 0 amide bonds. The van der Waals surface area contributed by atoms with Gasteiger partial charge in [0.05, 0.1) is 6.61 Å². The quantitative estimate of drug-likeness (QED) is 0.730. The Morgan fingerprint density at radius 2 is 1.94 bits per heavy atom. The van der Waals surface area contributed by atoms with Crippen LogP contribution in [0.15, 0.2) is 18.2 Å². The van der Waals surface area contributed by atoms with Crippen molar-refractivity contribution < 1.29 is 22.6 Å². The van der Waals surface area contributed by atoms with E-state index in [4.69, 9.17) is 16.3 Å². The van der Waals surface area contributed by atoms with Gasteiger partial charge in [-0.15, -0.1) is 24.8 Å². The van der Waals surface area contributed by atoms with Crippen LogP contribution < -0.4 is 9.47 Å². The third-order valence-corrected chi connectivity index (χ3v) is 2.40. The Morgan fingerprint density at radius 3 is 2.50 bits per heavy atom. The maximum Gasteiger partial charge on any atom is 0.573 e. The van der Waals surface area contributed by atoms with E-state index in [0.717, 1.165) is 12.0 Å². The van der Waals surface area contributed by atoms with Crippen LogP contribution >= 0.6 is 11.6 Å². The normalized spacial score (nSPS) is 11.4. The molecule has 0 aliphatic carbocycles. The van der Waals surface area contributed by atoms with E-state index in [-0.39, 0.29) is 18.1 Å². The molecular formula is C12H14ClF3O2. The Hall–Kier alpha value is -1.10. The van der Waals surface area contributed by atoms with Crippen LogP contribution in [-0.2, 0) is 6.42 Å². The largest absolute Gasteiger partial charge is 0.573 e. The highest BCUT2D eigenvalue weighted by Gasteiger charge is 2.32. The number of hydrogen-bond donors (Lipinski definition) is 0. The molecule has 102 valence electrons. The molecule has 1 rings (SSSR count). The minimum Gasteiger partial charge on any atom is -0.490 e. The predicted molar refractivity (Wildman–Crippen MR) is 63.3 cm³/mol. The standard InChI is InChI=1S/C12H14ClF3O2/c1-2-17-11-8-9(4-3-7-13)5-6-10(11)18-12(14,15)16/h5-6,8H,2-4,7H2,1H3. The summed E-state index contributed by atoms with van der Waals surface area (Å²) in [6.07, 6.45) is -3.27. The first-order valence-corrected chi connectivity index (χ1v) is 6.07. The van der Waals surface area contributed by atoms with Crippen LogP contribution in [0.4, 0.5) is 13.2 Å². The number of halogens is 4. The highest BCUT2D eigenvalue weighted by molar-refractivity contribution is 6.17. The fourth-order valence-corrected chi connectivity index (χ4v) is 1.59. The minimum absolute atomic E-state index is 0.0990. The third kappa shape index (κ3) is 5.04. The lowest BCUT2D eigenvalue weighted by Gasteiger charge is -2.14. The molecule has 0 fully saturated rings. The number of alkyl halides is 4. The third-order valence-electron chi connectivity index (χ3n) is 2.13. The number of rotatable bonds is 6. The fraction of sp³-hybridized carbons (Fsp3) is 0.500. The summed E-state index contributed by atoms with van der Waals surface area (Å²) in [5, 5.41) is 0.